The monoisotopic (exact) mass is 620 g/mol. The predicted molar refractivity (Wildman–Crippen MR) is 171 cm³/mol. The second-order valence-electron chi connectivity index (χ2n) is 14.1. The minimum atomic E-state index is -0.466. The number of morpholine rings is 1. The number of benzene rings is 1. The zero-order valence-electron chi connectivity index (χ0n) is 26.8. The summed E-state index contributed by atoms with van der Waals surface area (Å²) in [4.78, 5) is 35.0. The van der Waals surface area contributed by atoms with Gasteiger partial charge in [0.15, 0.2) is 5.65 Å². The number of hydrogen-bond donors (Lipinski definition) is 2. The van der Waals surface area contributed by atoms with Gasteiger partial charge in [0.25, 0.3) is 0 Å². The summed E-state index contributed by atoms with van der Waals surface area (Å²) in [6.07, 6.45) is 0.466. The Kier molecular flexibility index (Phi) is 8.06. The van der Waals surface area contributed by atoms with E-state index < -0.39 is 5.41 Å². The minimum absolute atomic E-state index is 0.00482. The first kappa shape index (κ1) is 30.5. The van der Waals surface area contributed by atoms with Gasteiger partial charge in [-0.15, -0.1) is 5.10 Å². The number of fused-ring (bicyclic) bond motifs is 3. The van der Waals surface area contributed by atoms with Gasteiger partial charge in [-0.05, 0) is 37.6 Å². The summed E-state index contributed by atoms with van der Waals surface area (Å²) in [5.74, 6) is -0.260. The second kappa shape index (κ2) is 11.9. The van der Waals surface area contributed by atoms with E-state index in [9.17, 15) is 14.0 Å². The normalized spacial score (nSPS) is 25.9. The summed E-state index contributed by atoms with van der Waals surface area (Å²) >= 11 is 0. The maximum atomic E-state index is 14.3. The number of amides is 1. The SMILES string of the molecule is C[C@@H]1CN(CC(=O)N2CC(C)(C)c3c2cc(Cc2ccc(F)cc2)c2nn(C4CNC4)c(=O)n32)[C@@H](CN2CCOC[C@H]2C)CN1. The van der Waals surface area contributed by atoms with Gasteiger partial charge in [0.05, 0.1) is 37.2 Å². The maximum Gasteiger partial charge on any atom is 0.351 e. The van der Waals surface area contributed by atoms with E-state index in [-0.39, 0.29) is 35.5 Å². The molecular formula is C33H45FN8O3. The van der Waals surface area contributed by atoms with Crippen LogP contribution in [0.25, 0.3) is 5.65 Å². The van der Waals surface area contributed by atoms with Crippen molar-refractivity contribution in [2.24, 2.45) is 0 Å². The lowest BCUT2D eigenvalue weighted by atomic mass is 9.90. The molecule has 1 aromatic carbocycles. The molecule has 3 fully saturated rings. The van der Waals surface area contributed by atoms with Crippen LogP contribution in [0.4, 0.5) is 10.1 Å². The lowest BCUT2D eigenvalue weighted by Gasteiger charge is -2.43. The van der Waals surface area contributed by atoms with Gasteiger partial charge in [-0.25, -0.2) is 18.3 Å². The number of piperazine rings is 1. The zero-order chi connectivity index (χ0) is 31.5. The molecule has 0 saturated carbocycles. The van der Waals surface area contributed by atoms with Gasteiger partial charge < -0.3 is 20.3 Å². The van der Waals surface area contributed by atoms with E-state index in [0.717, 1.165) is 61.9 Å². The van der Waals surface area contributed by atoms with E-state index in [0.29, 0.717) is 44.3 Å². The number of aromatic nitrogens is 3. The topological polar surface area (TPSA) is 99.4 Å². The summed E-state index contributed by atoms with van der Waals surface area (Å²) < 4.78 is 22.7. The van der Waals surface area contributed by atoms with Crippen molar-refractivity contribution in [1.29, 1.82) is 0 Å². The standard InChI is InChI=1S/C33H45FN8O3/c1-21-16-39(27(15-36-21)17-38-9-10-45-19-22(38)2)18-29(43)40-20-33(3,4)30-28(40)12-24(11-23-5-7-25(34)8-6-23)31-37-42(26-13-35-14-26)32(44)41(30)31/h5-8,12,21-22,26-27,35-36H,9-11,13-20H2,1-4H3/t21-,22-,27-/m1/s1. The molecule has 2 N–H and O–H groups in total. The van der Waals surface area contributed by atoms with Crippen LogP contribution in [0.15, 0.2) is 35.1 Å². The van der Waals surface area contributed by atoms with E-state index in [1.807, 2.05) is 11.0 Å². The van der Waals surface area contributed by atoms with E-state index in [2.05, 4.69) is 48.1 Å². The van der Waals surface area contributed by atoms with Gasteiger partial charge in [-0.3, -0.25) is 14.6 Å². The molecule has 3 saturated heterocycles. The summed E-state index contributed by atoms with van der Waals surface area (Å²) in [6, 6.07) is 9.30. The zero-order valence-corrected chi connectivity index (χ0v) is 26.8. The number of carbonyl (C=O) groups excluding carboxylic acids is 1. The van der Waals surface area contributed by atoms with Crippen LogP contribution in [0.1, 0.15) is 50.6 Å². The van der Waals surface area contributed by atoms with Crippen LogP contribution >= 0.6 is 0 Å². The highest BCUT2D eigenvalue weighted by Crippen LogP contribution is 2.42. The highest BCUT2D eigenvalue weighted by Gasteiger charge is 2.43. The van der Waals surface area contributed by atoms with Crippen LogP contribution in [0.2, 0.25) is 0 Å². The van der Waals surface area contributed by atoms with Crippen molar-refractivity contribution < 1.29 is 13.9 Å². The van der Waals surface area contributed by atoms with Crippen molar-refractivity contribution in [3.8, 4) is 0 Å². The Morgan fingerprint density at radius 1 is 1.13 bits per heavy atom. The summed E-state index contributed by atoms with van der Waals surface area (Å²) in [6.45, 7) is 15.6. The van der Waals surface area contributed by atoms with Gasteiger partial charge in [0.2, 0.25) is 5.91 Å². The first-order valence-electron chi connectivity index (χ1n) is 16.3. The van der Waals surface area contributed by atoms with Crippen LogP contribution in [-0.4, -0.2) is 114 Å². The molecule has 4 aliphatic heterocycles. The molecule has 45 heavy (non-hydrogen) atoms. The molecule has 0 radical (unpaired) electrons. The Morgan fingerprint density at radius 3 is 2.62 bits per heavy atom. The number of carbonyl (C=O) groups is 1. The molecule has 4 aliphatic rings. The van der Waals surface area contributed by atoms with Crippen LogP contribution in [0.5, 0.6) is 0 Å². The average molecular weight is 621 g/mol. The molecule has 12 heteroatoms. The number of hydrogen-bond acceptors (Lipinski definition) is 8. The van der Waals surface area contributed by atoms with Crippen LogP contribution < -0.4 is 21.2 Å². The number of pyridine rings is 1. The number of nitrogens with one attached hydrogen (secondary N) is 2. The molecule has 3 aromatic rings. The molecule has 11 nitrogen and oxygen atoms in total. The number of halogens is 1. The average Bonchev–Trinajstić information content (AvgIpc) is 3.44. The van der Waals surface area contributed by atoms with Crippen LogP contribution in [0, 0.1) is 5.82 Å². The molecule has 0 unspecified atom stereocenters. The Bertz CT molecular complexity index is 1630. The Labute approximate surface area is 263 Å². The van der Waals surface area contributed by atoms with Gasteiger partial charge in [0, 0.05) is 81.3 Å². The molecule has 3 atom stereocenters. The smallest absolute Gasteiger partial charge is 0.351 e. The third kappa shape index (κ3) is 5.71. The Hall–Kier alpha value is -3.16. The van der Waals surface area contributed by atoms with Crippen LogP contribution in [-0.2, 0) is 21.4 Å². The van der Waals surface area contributed by atoms with Crippen molar-refractivity contribution in [1.82, 2.24) is 34.6 Å². The van der Waals surface area contributed by atoms with E-state index >= 15 is 0 Å². The highest BCUT2D eigenvalue weighted by molar-refractivity contribution is 5.98. The molecule has 242 valence electrons. The van der Waals surface area contributed by atoms with Crippen molar-refractivity contribution >= 4 is 17.2 Å². The number of rotatable bonds is 7. The quantitative estimate of drug-likeness (QED) is 0.409. The second-order valence-corrected chi connectivity index (χ2v) is 14.1. The Morgan fingerprint density at radius 2 is 1.91 bits per heavy atom. The van der Waals surface area contributed by atoms with Crippen LogP contribution in [0.3, 0.4) is 0 Å². The lowest BCUT2D eigenvalue weighted by Crippen LogP contribution is -2.62. The van der Waals surface area contributed by atoms with Crippen molar-refractivity contribution in [2.75, 3.05) is 70.5 Å². The fourth-order valence-corrected chi connectivity index (χ4v) is 7.44. The van der Waals surface area contributed by atoms with E-state index in [1.54, 1.807) is 21.2 Å². The molecule has 0 spiro atoms. The minimum Gasteiger partial charge on any atom is -0.379 e. The molecule has 1 amide bonds. The third-order valence-corrected chi connectivity index (χ3v) is 10.1. The highest BCUT2D eigenvalue weighted by atomic mass is 19.1. The fourth-order valence-electron chi connectivity index (χ4n) is 7.44. The van der Waals surface area contributed by atoms with Gasteiger partial charge in [-0.2, -0.15) is 0 Å². The fraction of sp³-hybridized carbons (Fsp3) is 0.606. The molecule has 2 aromatic heterocycles. The molecule has 0 bridgehead atoms. The van der Waals surface area contributed by atoms with Gasteiger partial charge >= 0.3 is 5.69 Å². The van der Waals surface area contributed by atoms with Crippen molar-refractivity contribution in [3.63, 3.8) is 0 Å². The molecular weight excluding hydrogens is 575 g/mol. The summed E-state index contributed by atoms with van der Waals surface area (Å²) in [5.41, 5.74) is 3.31. The lowest BCUT2D eigenvalue weighted by molar-refractivity contribution is -0.121. The largest absolute Gasteiger partial charge is 0.379 e. The third-order valence-electron chi connectivity index (χ3n) is 10.1. The van der Waals surface area contributed by atoms with Crippen molar-refractivity contribution in [3.05, 3.63) is 63.5 Å². The molecule has 7 rings (SSSR count). The van der Waals surface area contributed by atoms with E-state index in [4.69, 9.17) is 9.84 Å². The number of anilines is 1. The first-order chi connectivity index (χ1) is 21.6. The number of ether oxygens (including phenoxy) is 1. The molecule has 6 heterocycles. The van der Waals surface area contributed by atoms with Crippen molar-refractivity contribution in [2.45, 2.75) is 63.7 Å². The maximum absolute atomic E-state index is 14.3. The molecule has 0 aliphatic carbocycles. The Balaban J connectivity index is 1.24. The summed E-state index contributed by atoms with van der Waals surface area (Å²) in [7, 11) is 0. The summed E-state index contributed by atoms with van der Waals surface area (Å²) in [5, 5.41) is 11.7. The first-order valence-corrected chi connectivity index (χ1v) is 16.3. The predicted octanol–water partition coefficient (Wildman–Crippen LogP) is 1.38. The number of nitrogens with zero attached hydrogens (tertiary/aromatic N) is 6. The van der Waals surface area contributed by atoms with E-state index in [1.165, 1.54) is 12.1 Å². The van der Waals surface area contributed by atoms with Gasteiger partial charge in [-0.1, -0.05) is 26.0 Å². The van der Waals surface area contributed by atoms with Gasteiger partial charge in [0.1, 0.15) is 5.82 Å².